The third kappa shape index (κ3) is 5.22. The fraction of sp³-hybridized carbons (Fsp3) is 0.161. The molecule has 1 aliphatic carbocycles. The van der Waals surface area contributed by atoms with Crippen LogP contribution in [-0.2, 0) is 0 Å². The standard InChI is InChI=1S/C27H20.2C2H6/c1-2-7-20(8-3-1)23-11-6-12-24-19-27(16-15-25(24)18-23)26-14-13-21-9-4-5-10-22(21)17-26;2*1-2/h1-5,7-19H,6H2;2*1-2H3. The summed E-state index contributed by atoms with van der Waals surface area (Å²) in [6.07, 6.45) is 7.89. The Bertz CT molecular complexity index is 1270. The van der Waals surface area contributed by atoms with Crippen LogP contribution in [0.1, 0.15) is 39.7 Å². The summed E-state index contributed by atoms with van der Waals surface area (Å²) < 4.78 is 0. The van der Waals surface area contributed by atoms with Gasteiger partial charge in [0.1, 0.15) is 0 Å². The van der Waals surface area contributed by atoms with Crippen LogP contribution in [0.4, 0.5) is 0 Å². The molecule has 4 aromatic carbocycles. The van der Waals surface area contributed by atoms with E-state index in [1.54, 1.807) is 0 Å². The van der Waals surface area contributed by atoms with Crippen molar-refractivity contribution < 1.29 is 0 Å². The first-order valence-electron chi connectivity index (χ1n) is 11.4. The van der Waals surface area contributed by atoms with Gasteiger partial charge in [-0.3, -0.25) is 0 Å². The summed E-state index contributed by atoms with van der Waals surface area (Å²) in [6.45, 7) is 8.00. The number of rotatable bonds is 2. The van der Waals surface area contributed by atoms with E-state index in [2.05, 4.69) is 109 Å². The van der Waals surface area contributed by atoms with Gasteiger partial charge in [0.2, 0.25) is 0 Å². The smallest absolute Gasteiger partial charge is 0.0151 e. The van der Waals surface area contributed by atoms with Gasteiger partial charge in [-0.25, -0.2) is 0 Å². The first kappa shape index (κ1) is 22.3. The normalized spacial score (nSPS) is 11.8. The highest BCUT2D eigenvalue weighted by Gasteiger charge is 2.03. The fourth-order valence-electron chi connectivity index (χ4n) is 3.80. The molecule has 0 saturated carbocycles. The van der Waals surface area contributed by atoms with Gasteiger partial charge in [-0.05, 0) is 68.1 Å². The van der Waals surface area contributed by atoms with Crippen LogP contribution in [0.3, 0.4) is 0 Å². The summed E-state index contributed by atoms with van der Waals surface area (Å²) in [7, 11) is 0. The van der Waals surface area contributed by atoms with Gasteiger partial charge in [-0.2, -0.15) is 0 Å². The van der Waals surface area contributed by atoms with E-state index in [4.69, 9.17) is 0 Å². The molecule has 0 amide bonds. The molecule has 5 rings (SSSR count). The zero-order valence-corrected chi connectivity index (χ0v) is 19.1. The van der Waals surface area contributed by atoms with E-state index >= 15 is 0 Å². The number of benzene rings is 4. The van der Waals surface area contributed by atoms with Gasteiger partial charge < -0.3 is 0 Å². The molecule has 4 aromatic rings. The third-order valence-corrected chi connectivity index (χ3v) is 5.26. The lowest BCUT2D eigenvalue weighted by Crippen LogP contribution is -2.23. The Kier molecular flexibility index (Phi) is 8.01. The van der Waals surface area contributed by atoms with Crippen LogP contribution in [0.2, 0.25) is 0 Å². The van der Waals surface area contributed by atoms with E-state index in [1.807, 2.05) is 27.7 Å². The maximum Gasteiger partial charge on any atom is -0.0151 e. The summed E-state index contributed by atoms with van der Waals surface area (Å²) in [6, 6.07) is 32.7. The minimum absolute atomic E-state index is 0.953. The molecule has 0 radical (unpaired) electrons. The van der Waals surface area contributed by atoms with Crippen LogP contribution in [0.25, 0.3) is 39.6 Å². The monoisotopic (exact) mass is 404 g/mol. The van der Waals surface area contributed by atoms with Crippen molar-refractivity contribution in [3.05, 3.63) is 113 Å². The summed E-state index contributed by atoms with van der Waals surface area (Å²) >= 11 is 0. The molecule has 0 heterocycles. The first-order valence-corrected chi connectivity index (χ1v) is 11.4. The number of allylic oxidation sites excluding steroid dienone is 2. The molecule has 0 saturated heterocycles. The third-order valence-electron chi connectivity index (χ3n) is 5.26. The van der Waals surface area contributed by atoms with Crippen molar-refractivity contribution >= 4 is 28.5 Å². The van der Waals surface area contributed by atoms with Gasteiger partial charge in [0.15, 0.2) is 0 Å². The molecular formula is C31H32. The van der Waals surface area contributed by atoms with Crippen LogP contribution in [-0.4, -0.2) is 0 Å². The Hall–Kier alpha value is -3.38. The second-order valence-corrected chi connectivity index (χ2v) is 7.02. The van der Waals surface area contributed by atoms with Gasteiger partial charge in [-0.1, -0.05) is 119 Å². The topological polar surface area (TPSA) is 0 Å². The van der Waals surface area contributed by atoms with Gasteiger partial charge in [0.25, 0.3) is 0 Å². The molecule has 156 valence electrons. The summed E-state index contributed by atoms with van der Waals surface area (Å²) in [5.41, 5.74) is 5.11. The number of fused-ring (bicyclic) bond motifs is 2. The second-order valence-electron chi connectivity index (χ2n) is 7.02. The van der Waals surface area contributed by atoms with E-state index in [0.29, 0.717) is 0 Å². The average molecular weight is 405 g/mol. The Morgan fingerprint density at radius 1 is 0.484 bits per heavy atom. The molecule has 0 fully saturated rings. The van der Waals surface area contributed by atoms with Crippen LogP contribution in [0.15, 0.2) is 97.1 Å². The van der Waals surface area contributed by atoms with Crippen molar-refractivity contribution in [2.24, 2.45) is 0 Å². The fourth-order valence-corrected chi connectivity index (χ4v) is 3.80. The van der Waals surface area contributed by atoms with Gasteiger partial charge in [0.05, 0.1) is 0 Å². The predicted molar refractivity (Wildman–Crippen MR) is 139 cm³/mol. The summed E-state index contributed by atoms with van der Waals surface area (Å²) in [5, 5.41) is 5.16. The SMILES string of the molecule is C1=C(c2ccccc2)C=c2ccc(-c3ccc4ccccc4c3)cc2=CC1.CC.CC. The van der Waals surface area contributed by atoms with Crippen LogP contribution < -0.4 is 10.4 Å². The van der Waals surface area contributed by atoms with E-state index in [1.165, 1.54) is 43.5 Å². The van der Waals surface area contributed by atoms with E-state index in [-0.39, 0.29) is 0 Å². The highest BCUT2D eigenvalue weighted by atomic mass is 14.1. The molecule has 31 heavy (non-hydrogen) atoms. The van der Waals surface area contributed by atoms with E-state index in [9.17, 15) is 0 Å². The van der Waals surface area contributed by atoms with Crippen LogP contribution in [0, 0.1) is 0 Å². The molecule has 0 heteroatoms. The van der Waals surface area contributed by atoms with Gasteiger partial charge in [0, 0.05) is 0 Å². The zero-order chi connectivity index (χ0) is 22.1. The Morgan fingerprint density at radius 3 is 1.90 bits per heavy atom. The van der Waals surface area contributed by atoms with Crippen molar-refractivity contribution in [1.29, 1.82) is 0 Å². The maximum absolute atomic E-state index is 2.33. The molecular weight excluding hydrogens is 372 g/mol. The molecule has 0 unspecified atom stereocenters. The first-order chi connectivity index (χ1) is 15.4. The molecule has 0 spiro atoms. The molecule has 0 nitrogen and oxygen atoms in total. The average Bonchev–Trinajstić information content (AvgIpc) is 3.09. The molecule has 0 atom stereocenters. The zero-order valence-electron chi connectivity index (χ0n) is 19.1. The lowest BCUT2D eigenvalue weighted by Gasteiger charge is -2.05. The minimum Gasteiger partial charge on any atom is -0.0728 e. The van der Waals surface area contributed by atoms with Crippen LogP contribution >= 0.6 is 0 Å². The van der Waals surface area contributed by atoms with E-state index < -0.39 is 0 Å². The number of hydrogen-bond acceptors (Lipinski definition) is 0. The predicted octanol–water partition coefficient (Wildman–Crippen LogP) is 7.61. The highest BCUT2D eigenvalue weighted by Crippen LogP contribution is 2.23. The van der Waals surface area contributed by atoms with Gasteiger partial charge in [-0.15, -0.1) is 0 Å². The van der Waals surface area contributed by atoms with Crippen molar-refractivity contribution in [1.82, 2.24) is 0 Å². The summed E-state index contributed by atoms with van der Waals surface area (Å²) in [4.78, 5) is 0. The van der Waals surface area contributed by atoms with Crippen molar-refractivity contribution in [3.63, 3.8) is 0 Å². The van der Waals surface area contributed by atoms with E-state index in [0.717, 1.165) is 6.42 Å². The Labute approximate surface area is 186 Å². The molecule has 0 aromatic heterocycles. The quantitative estimate of drug-likeness (QED) is 0.322. The molecule has 0 N–H and O–H groups in total. The maximum atomic E-state index is 2.33. The molecule has 1 aliphatic rings. The van der Waals surface area contributed by atoms with Gasteiger partial charge >= 0.3 is 0 Å². The highest BCUT2D eigenvalue weighted by molar-refractivity contribution is 5.90. The lowest BCUT2D eigenvalue weighted by atomic mass is 9.99. The van der Waals surface area contributed by atoms with Crippen LogP contribution in [0.5, 0.6) is 0 Å². The number of hydrogen-bond donors (Lipinski definition) is 0. The van der Waals surface area contributed by atoms with Crippen molar-refractivity contribution in [3.8, 4) is 11.1 Å². The van der Waals surface area contributed by atoms with Crippen molar-refractivity contribution in [2.45, 2.75) is 34.1 Å². The molecule has 0 bridgehead atoms. The van der Waals surface area contributed by atoms with Crippen molar-refractivity contribution in [2.75, 3.05) is 0 Å². The Balaban J connectivity index is 0.000000645. The summed E-state index contributed by atoms with van der Waals surface area (Å²) in [5.74, 6) is 0. The lowest BCUT2D eigenvalue weighted by molar-refractivity contribution is 1.45. The largest absolute Gasteiger partial charge is 0.0728 e. The minimum atomic E-state index is 0.953. The Morgan fingerprint density at radius 2 is 1.13 bits per heavy atom. The molecule has 0 aliphatic heterocycles. The second kappa shape index (κ2) is 11.1.